The normalized spacial score (nSPS) is 13.2. The molecule has 0 saturated heterocycles. The summed E-state index contributed by atoms with van der Waals surface area (Å²) in [6, 6.07) is 20.7. The van der Waals surface area contributed by atoms with Crippen molar-refractivity contribution in [1.29, 1.82) is 0 Å². The second-order valence-electron chi connectivity index (χ2n) is 6.42. The highest BCUT2D eigenvalue weighted by Gasteiger charge is 2.45. The lowest BCUT2D eigenvalue weighted by Crippen LogP contribution is -2.33. The number of alkyl carbamates (subject to hydrolysis) is 1. The molecule has 1 heterocycles. The number of rotatable bonds is 6. The van der Waals surface area contributed by atoms with Gasteiger partial charge in [-0.1, -0.05) is 54.6 Å². The quantitative estimate of drug-likeness (QED) is 0.538. The summed E-state index contributed by atoms with van der Waals surface area (Å²) in [5.74, 6) is 0.371. The fourth-order valence-corrected chi connectivity index (χ4v) is 2.68. The molecule has 0 spiro atoms. The van der Waals surface area contributed by atoms with Crippen LogP contribution in [-0.2, 0) is 4.74 Å². The third-order valence-electron chi connectivity index (χ3n) is 4.14. The molecule has 0 aliphatic carbocycles. The molecule has 2 unspecified atom stereocenters. The molecule has 1 N–H and O–H groups in total. The highest BCUT2D eigenvalue weighted by Crippen LogP contribution is 2.36. The number of para-hydroxylation sites is 1. The first-order valence-electron chi connectivity index (χ1n) is 9.11. The molecule has 0 radical (unpaired) electrons. The van der Waals surface area contributed by atoms with Gasteiger partial charge in [0, 0.05) is 6.07 Å². The van der Waals surface area contributed by atoms with Crippen LogP contribution in [0, 0.1) is 0 Å². The van der Waals surface area contributed by atoms with E-state index in [0.29, 0.717) is 5.75 Å². The molecule has 30 heavy (non-hydrogen) atoms. The van der Waals surface area contributed by atoms with Crippen molar-refractivity contribution >= 4 is 6.09 Å². The van der Waals surface area contributed by atoms with Crippen LogP contribution in [0.1, 0.15) is 30.3 Å². The van der Waals surface area contributed by atoms with Gasteiger partial charge in [0.15, 0.2) is 0 Å². The van der Waals surface area contributed by atoms with Gasteiger partial charge in [-0.25, -0.2) is 9.78 Å². The summed E-state index contributed by atoms with van der Waals surface area (Å²) in [7, 11) is 0. The number of carbonyl (C=O) groups is 1. The van der Waals surface area contributed by atoms with Crippen LogP contribution in [-0.4, -0.2) is 17.3 Å². The van der Waals surface area contributed by atoms with Crippen LogP contribution in [0.25, 0.3) is 0 Å². The molecule has 0 aliphatic rings. The van der Waals surface area contributed by atoms with Gasteiger partial charge in [-0.05, 0) is 30.7 Å². The number of pyridine rings is 1. The van der Waals surface area contributed by atoms with E-state index in [4.69, 9.17) is 9.47 Å². The maximum absolute atomic E-state index is 13.6. The predicted molar refractivity (Wildman–Crippen MR) is 104 cm³/mol. The number of nitrogens with one attached hydrogen (secondary N) is 1. The van der Waals surface area contributed by atoms with Gasteiger partial charge in [0.1, 0.15) is 5.75 Å². The van der Waals surface area contributed by atoms with Crippen molar-refractivity contribution < 1.29 is 27.4 Å². The summed E-state index contributed by atoms with van der Waals surface area (Å²) in [6.45, 7) is 1.64. The SMILES string of the molecule is CC(NC(=O)OC(c1cccc(Oc2ccccc2)n1)C(F)(F)F)c1ccccc1. The Morgan fingerprint density at radius 1 is 0.933 bits per heavy atom. The third kappa shape index (κ3) is 5.73. The highest BCUT2D eigenvalue weighted by atomic mass is 19.4. The van der Waals surface area contributed by atoms with E-state index in [1.807, 2.05) is 0 Å². The Bertz CT molecular complexity index is 966. The number of halogens is 3. The minimum absolute atomic E-state index is 0.0467. The van der Waals surface area contributed by atoms with Crippen molar-refractivity contribution in [2.45, 2.75) is 25.2 Å². The van der Waals surface area contributed by atoms with Crippen LogP contribution < -0.4 is 10.1 Å². The lowest BCUT2D eigenvalue weighted by molar-refractivity contribution is -0.207. The number of amides is 1. The van der Waals surface area contributed by atoms with Crippen molar-refractivity contribution in [3.8, 4) is 11.6 Å². The van der Waals surface area contributed by atoms with Crippen molar-refractivity contribution in [3.63, 3.8) is 0 Å². The zero-order valence-corrected chi connectivity index (χ0v) is 16.0. The first-order chi connectivity index (χ1) is 14.3. The number of aromatic nitrogens is 1. The molecule has 2 atom stereocenters. The van der Waals surface area contributed by atoms with Crippen LogP contribution in [0.5, 0.6) is 11.6 Å². The summed E-state index contributed by atoms with van der Waals surface area (Å²) in [5, 5.41) is 2.40. The average Bonchev–Trinajstić information content (AvgIpc) is 2.73. The molecular weight excluding hydrogens is 397 g/mol. The topological polar surface area (TPSA) is 60.5 Å². The van der Waals surface area contributed by atoms with E-state index in [0.717, 1.165) is 11.6 Å². The summed E-state index contributed by atoms with van der Waals surface area (Å²) in [4.78, 5) is 16.0. The van der Waals surface area contributed by atoms with Gasteiger partial charge in [-0.2, -0.15) is 13.2 Å². The zero-order valence-electron chi connectivity index (χ0n) is 16.0. The molecule has 1 amide bonds. The third-order valence-corrected chi connectivity index (χ3v) is 4.14. The van der Waals surface area contributed by atoms with Crippen molar-refractivity contribution in [2.24, 2.45) is 0 Å². The number of hydrogen-bond donors (Lipinski definition) is 1. The zero-order chi connectivity index (χ0) is 21.6. The maximum atomic E-state index is 13.6. The molecule has 0 saturated carbocycles. The minimum Gasteiger partial charge on any atom is -0.439 e. The summed E-state index contributed by atoms with van der Waals surface area (Å²) in [6.07, 6.45) is -8.60. The summed E-state index contributed by atoms with van der Waals surface area (Å²) >= 11 is 0. The Labute approximate surface area is 171 Å². The van der Waals surface area contributed by atoms with Crippen LogP contribution in [0.3, 0.4) is 0 Å². The van der Waals surface area contributed by atoms with Crippen LogP contribution in [0.2, 0.25) is 0 Å². The number of benzene rings is 2. The highest BCUT2D eigenvalue weighted by molar-refractivity contribution is 5.68. The lowest BCUT2D eigenvalue weighted by atomic mass is 10.1. The van der Waals surface area contributed by atoms with Crippen LogP contribution in [0.15, 0.2) is 78.9 Å². The summed E-state index contributed by atoms with van der Waals surface area (Å²) in [5.41, 5.74) is 0.243. The maximum Gasteiger partial charge on any atom is 0.431 e. The molecule has 0 fully saturated rings. The molecule has 2 aromatic carbocycles. The molecule has 0 aliphatic heterocycles. The first kappa shape index (κ1) is 21.2. The monoisotopic (exact) mass is 416 g/mol. The van der Waals surface area contributed by atoms with E-state index < -0.39 is 30.1 Å². The number of nitrogens with zero attached hydrogens (tertiary/aromatic N) is 1. The van der Waals surface area contributed by atoms with Crippen LogP contribution in [0.4, 0.5) is 18.0 Å². The molecule has 3 aromatic rings. The first-order valence-corrected chi connectivity index (χ1v) is 9.11. The Kier molecular flexibility index (Phi) is 6.56. The molecule has 8 heteroatoms. The van der Waals surface area contributed by atoms with Crippen LogP contribution >= 0.6 is 0 Å². The van der Waals surface area contributed by atoms with Crippen molar-refractivity contribution in [1.82, 2.24) is 10.3 Å². The van der Waals surface area contributed by atoms with Gasteiger partial charge < -0.3 is 14.8 Å². The van der Waals surface area contributed by atoms with Gasteiger partial charge in [0.25, 0.3) is 0 Å². The molecule has 1 aromatic heterocycles. The van der Waals surface area contributed by atoms with Gasteiger partial charge in [0.2, 0.25) is 12.0 Å². The molecule has 0 bridgehead atoms. The minimum atomic E-state index is -4.86. The van der Waals surface area contributed by atoms with Gasteiger partial charge in [-0.15, -0.1) is 0 Å². The predicted octanol–water partition coefficient (Wildman–Crippen LogP) is 5.96. The van der Waals surface area contributed by atoms with E-state index >= 15 is 0 Å². The van der Waals surface area contributed by atoms with Gasteiger partial charge >= 0.3 is 12.3 Å². The molecule has 156 valence electrons. The molecule has 5 nitrogen and oxygen atoms in total. The largest absolute Gasteiger partial charge is 0.439 e. The fraction of sp³-hybridized carbons (Fsp3) is 0.182. The average molecular weight is 416 g/mol. The van der Waals surface area contributed by atoms with E-state index in [2.05, 4.69) is 10.3 Å². The fourth-order valence-electron chi connectivity index (χ4n) is 2.68. The van der Waals surface area contributed by atoms with E-state index in [9.17, 15) is 18.0 Å². The Morgan fingerprint density at radius 3 is 2.20 bits per heavy atom. The van der Waals surface area contributed by atoms with E-state index in [1.165, 1.54) is 12.1 Å². The molecule has 3 rings (SSSR count). The van der Waals surface area contributed by atoms with Crippen molar-refractivity contribution in [2.75, 3.05) is 0 Å². The Morgan fingerprint density at radius 2 is 1.57 bits per heavy atom. The second-order valence-corrected chi connectivity index (χ2v) is 6.42. The van der Waals surface area contributed by atoms with Gasteiger partial charge in [-0.3, -0.25) is 0 Å². The smallest absolute Gasteiger partial charge is 0.431 e. The van der Waals surface area contributed by atoms with Crippen molar-refractivity contribution in [3.05, 3.63) is 90.1 Å². The number of alkyl halides is 3. The Hall–Kier alpha value is -3.55. The Balaban J connectivity index is 1.74. The standard InChI is InChI=1S/C22H19F3N2O3/c1-15(16-9-4-2-5-10-16)26-21(28)30-20(22(23,24)25)18-13-8-14-19(27-18)29-17-11-6-3-7-12-17/h2-15,20H,1H3,(H,26,28). The lowest BCUT2D eigenvalue weighted by Gasteiger charge is -2.22. The van der Waals surface area contributed by atoms with E-state index in [1.54, 1.807) is 67.6 Å². The number of carbonyl (C=O) groups excluding carboxylic acids is 1. The molecular formula is C22H19F3N2O3. The summed E-state index contributed by atoms with van der Waals surface area (Å²) < 4.78 is 51.0. The number of hydrogen-bond acceptors (Lipinski definition) is 4. The van der Waals surface area contributed by atoms with Gasteiger partial charge in [0.05, 0.1) is 11.7 Å². The second kappa shape index (κ2) is 9.30. The van der Waals surface area contributed by atoms with E-state index in [-0.39, 0.29) is 5.88 Å². The number of ether oxygens (including phenoxy) is 2.